The minimum Gasteiger partial charge on any atom is -0.310 e. The fraction of sp³-hybridized carbons (Fsp3) is 0.123. The first-order chi connectivity index (χ1) is 29.2. The molecule has 0 saturated heterocycles. The molecule has 1 heterocycles. The average Bonchev–Trinajstić information content (AvgIpc) is 3.67. The predicted molar refractivity (Wildman–Crippen MR) is 251 cm³/mol. The zero-order valence-electron chi connectivity index (χ0n) is 34.8. The summed E-state index contributed by atoms with van der Waals surface area (Å²) in [5.74, 6) is 0.808. The molecular formula is C57H47N3. The molecule has 3 heteroatoms. The van der Waals surface area contributed by atoms with Crippen LogP contribution in [0.1, 0.15) is 55.8 Å². The molecule has 0 spiro atoms. The fourth-order valence-corrected chi connectivity index (χ4v) is 9.64. The Bertz CT molecular complexity index is 3050. The number of hydrogen-bond donors (Lipinski definition) is 0. The number of fused-ring (bicyclic) bond motifs is 7. The molecule has 0 N–H and O–H groups in total. The second-order valence-corrected chi connectivity index (χ2v) is 17.0. The second-order valence-electron chi connectivity index (χ2n) is 17.0. The first kappa shape index (κ1) is 37.2. The molecule has 1 aromatic heterocycles. The maximum atomic E-state index is 4.56. The van der Waals surface area contributed by atoms with E-state index in [4.69, 9.17) is 0 Å². The summed E-state index contributed by atoms with van der Waals surface area (Å²) in [7, 11) is 0. The van der Waals surface area contributed by atoms with Gasteiger partial charge in [0.15, 0.2) is 0 Å². The summed E-state index contributed by atoms with van der Waals surface area (Å²) in [5, 5.41) is 1.10. The van der Waals surface area contributed by atoms with Crippen molar-refractivity contribution in [3.8, 4) is 44.6 Å². The van der Waals surface area contributed by atoms with Crippen LogP contribution in [-0.4, -0.2) is 9.97 Å². The Morgan fingerprint density at radius 3 is 1.72 bits per heavy atom. The molecule has 60 heavy (non-hydrogen) atoms. The van der Waals surface area contributed by atoms with Crippen molar-refractivity contribution >= 4 is 28.0 Å². The summed E-state index contributed by atoms with van der Waals surface area (Å²) in [5.41, 5.74) is 19.9. The Morgan fingerprint density at radius 2 is 0.950 bits per heavy atom. The lowest BCUT2D eigenvalue weighted by Crippen LogP contribution is -2.17. The van der Waals surface area contributed by atoms with Gasteiger partial charge in [-0.1, -0.05) is 185 Å². The van der Waals surface area contributed by atoms with E-state index in [0.717, 1.165) is 33.7 Å². The molecule has 3 nitrogen and oxygen atoms in total. The predicted octanol–water partition coefficient (Wildman–Crippen LogP) is 15.0. The van der Waals surface area contributed by atoms with Crippen molar-refractivity contribution in [1.29, 1.82) is 0 Å². The number of hydrogen-bond acceptors (Lipinski definition) is 3. The van der Waals surface area contributed by atoms with Crippen LogP contribution in [0.3, 0.4) is 0 Å². The Balaban J connectivity index is 0.000000212. The lowest BCUT2D eigenvalue weighted by atomic mass is 9.82. The Hall–Kier alpha value is -7.10. The third-order valence-corrected chi connectivity index (χ3v) is 12.6. The van der Waals surface area contributed by atoms with Crippen LogP contribution in [0.5, 0.6) is 0 Å². The molecule has 0 radical (unpaired) electrons. The summed E-state index contributed by atoms with van der Waals surface area (Å²) >= 11 is 0. The van der Waals surface area contributed by atoms with Crippen LogP contribution in [0.2, 0.25) is 0 Å². The first-order valence-corrected chi connectivity index (χ1v) is 20.9. The topological polar surface area (TPSA) is 29.0 Å². The minimum absolute atomic E-state index is 0.0684. The van der Waals surface area contributed by atoms with Gasteiger partial charge < -0.3 is 4.90 Å². The quantitative estimate of drug-likeness (QED) is 0.174. The number of aromatic nitrogens is 2. The molecule has 0 atom stereocenters. The van der Waals surface area contributed by atoms with Crippen molar-refractivity contribution in [2.45, 2.75) is 45.4 Å². The van der Waals surface area contributed by atoms with Crippen LogP contribution in [0.25, 0.3) is 55.5 Å². The highest BCUT2D eigenvalue weighted by Gasteiger charge is 2.39. The number of benzene rings is 8. The first-order valence-electron chi connectivity index (χ1n) is 20.9. The third kappa shape index (κ3) is 6.21. The van der Waals surface area contributed by atoms with Crippen molar-refractivity contribution < 1.29 is 0 Å². The van der Waals surface area contributed by atoms with Crippen molar-refractivity contribution in [3.63, 3.8) is 0 Å². The lowest BCUT2D eigenvalue weighted by molar-refractivity contribution is 0.660. The molecule has 9 aromatic rings. The molecule has 2 aliphatic rings. The normalized spacial score (nSPS) is 13.7. The molecular weight excluding hydrogens is 727 g/mol. The molecule has 11 rings (SSSR count). The third-order valence-electron chi connectivity index (χ3n) is 12.6. The van der Waals surface area contributed by atoms with E-state index in [1.165, 1.54) is 67.0 Å². The highest BCUT2D eigenvalue weighted by Crippen LogP contribution is 2.55. The van der Waals surface area contributed by atoms with E-state index >= 15 is 0 Å². The van der Waals surface area contributed by atoms with Gasteiger partial charge in [0.1, 0.15) is 5.82 Å². The lowest BCUT2D eigenvalue weighted by Gasteiger charge is -2.30. The molecule has 0 bridgehead atoms. The van der Waals surface area contributed by atoms with Gasteiger partial charge in [0.25, 0.3) is 0 Å². The van der Waals surface area contributed by atoms with Gasteiger partial charge in [-0.15, -0.1) is 0 Å². The second kappa shape index (κ2) is 14.6. The van der Waals surface area contributed by atoms with Gasteiger partial charge in [0, 0.05) is 38.7 Å². The Labute approximate surface area is 353 Å². The van der Waals surface area contributed by atoms with Crippen molar-refractivity contribution in [2.24, 2.45) is 0 Å². The van der Waals surface area contributed by atoms with Crippen LogP contribution >= 0.6 is 0 Å². The van der Waals surface area contributed by atoms with Gasteiger partial charge in [-0.3, -0.25) is 0 Å². The zero-order valence-corrected chi connectivity index (χ0v) is 34.8. The number of anilines is 3. The standard InChI is InChI=1S/C42H35N.C15H12N2/c1-41(2)36-21-11-9-19-34(36)40-37(41)22-13-23-39(40)43(30-17-12-16-29(26-30)28-14-6-5-7-15-28)31-24-25-33-32-18-8-10-20-35(32)42(3,4)38(33)27-31;1-11-16-14-10-6-5-9-13(14)15(17-11)12-7-3-2-4-8-12/h5-27H,1-4H3;2-10H,1H3. The fourth-order valence-electron chi connectivity index (χ4n) is 9.64. The minimum atomic E-state index is -0.0767. The van der Waals surface area contributed by atoms with Crippen molar-refractivity contribution in [2.75, 3.05) is 4.90 Å². The SMILES string of the molecule is CC1(C)c2ccccc2-c2ccc(N(c3cccc(-c4ccccc4)c3)c3cccc4c3-c3ccccc3C4(C)C)cc21.Cc1nc(-c2ccccc2)c2ccccc2n1. The van der Waals surface area contributed by atoms with E-state index in [1.54, 1.807) is 0 Å². The van der Waals surface area contributed by atoms with Gasteiger partial charge in [0.05, 0.1) is 16.9 Å². The number of nitrogens with zero attached hydrogens (tertiary/aromatic N) is 3. The van der Waals surface area contributed by atoms with Gasteiger partial charge in [-0.05, 0) is 93.4 Å². The van der Waals surface area contributed by atoms with E-state index in [-0.39, 0.29) is 10.8 Å². The van der Waals surface area contributed by atoms with Crippen LogP contribution in [0, 0.1) is 6.92 Å². The summed E-state index contributed by atoms with van der Waals surface area (Å²) in [6, 6.07) is 69.8. The van der Waals surface area contributed by atoms with Gasteiger partial charge in [-0.25, -0.2) is 9.97 Å². The maximum Gasteiger partial charge on any atom is 0.126 e. The van der Waals surface area contributed by atoms with Gasteiger partial charge >= 0.3 is 0 Å². The summed E-state index contributed by atoms with van der Waals surface area (Å²) in [6.07, 6.45) is 0. The monoisotopic (exact) mass is 773 g/mol. The molecule has 2 aliphatic carbocycles. The van der Waals surface area contributed by atoms with Gasteiger partial charge in [0.2, 0.25) is 0 Å². The molecule has 0 amide bonds. The van der Waals surface area contributed by atoms with Crippen LogP contribution in [0.15, 0.2) is 194 Å². The molecule has 0 aliphatic heterocycles. The zero-order chi connectivity index (χ0) is 41.0. The highest BCUT2D eigenvalue weighted by atomic mass is 15.1. The summed E-state index contributed by atoms with van der Waals surface area (Å²) in [6.45, 7) is 11.4. The van der Waals surface area contributed by atoms with Crippen LogP contribution in [-0.2, 0) is 10.8 Å². The Kier molecular flexibility index (Phi) is 9.06. The average molecular weight is 774 g/mol. The maximum absolute atomic E-state index is 4.56. The van der Waals surface area contributed by atoms with Crippen LogP contribution < -0.4 is 4.90 Å². The Morgan fingerprint density at radius 1 is 0.400 bits per heavy atom. The number of aryl methyl sites for hydroxylation is 1. The number of para-hydroxylation sites is 1. The van der Waals surface area contributed by atoms with Gasteiger partial charge in [-0.2, -0.15) is 0 Å². The van der Waals surface area contributed by atoms with E-state index < -0.39 is 0 Å². The van der Waals surface area contributed by atoms with E-state index in [9.17, 15) is 0 Å². The molecule has 0 unspecified atom stereocenters. The van der Waals surface area contributed by atoms with E-state index in [2.05, 4.69) is 200 Å². The van der Waals surface area contributed by atoms with Crippen LogP contribution in [0.4, 0.5) is 17.1 Å². The molecule has 0 saturated carbocycles. The molecule has 8 aromatic carbocycles. The van der Waals surface area contributed by atoms with E-state index in [0.29, 0.717) is 0 Å². The summed E-state index contributed by atoms with van der Waals surface area (Å²) < 4.78 is 0. The van der Waals surface area contributed by atoms with Crippen molar-refractivity contribution in [1.82, 2.24) is 9.97 Å². The van der Waals surface area contributed by atoms with Crippen molar-refractivity contribution in [3.05, 3.63) is 222 Å². The largest absolute Gasteiger partial charge is 0.310 e. The smallest absolute Gasteiger partial charge is 0.126 e. The molecule has 290 valence electrons. The van der Waals surface area contributed by atoms with E-state index in [1.807, 2.05) is 43.3 Å². The highest BCUT2D eigenvalue weighted by molar-refractivity contribution is 5.96. The molecule has 0 fully saturated rings. The number of rotatable bonds is 5. The summed E-state index contributed by atoms with van der Waals surface area (Å²) in [4.78, 5) is 11.5.